The summed E-state index contributed by atoms with van der Waals surface area (Å²) >= 11 is 0. The molecule has 3 nitrogen and oxygen atoms in total. The first-order valence-corrected chi connectivity index (χ1v) is 5.49. The first kappa shape index (κ1) is 11.8. The van der Waals surface area contributed by atoms with Crippen LogP contribution in [0.15, 0.2) is 6.20 Å². The molecule has 1 rings (SSSR count). The molecule has 0 radical (unpaired) electrons. The zero-order chi connectivity index (χ0) is 11.1. The maximum absolute atomic E-state index is 5.41. The highest BCUT2D eigenvalue weighted by molar-refractivity contribution is 5.36. The second-order valence-electron chi connectivity index (χ2n) is 3.61. The fraction of sp³-hybridized carbons (Fsp3) is 0.583. The van der Waals surface area contributed by atoms with Gasteiger partial charge in [0.2, 0.25) is 0 Å². The van der Waals surface area contributed by atoms with Gasteiger partial charge in [0.1, 0.15) is 0 Å². The van der Waals surface area contributed by atoms with Crippen molar-refractivity contribution >= 4 is 0 Å². The van der Waals surface area contributed by atoms with E-state index in [2.05, 4.69) is 23.9 Å². The van der Waals surface area contributed by atoms with E-state index in [1.807, 2.05) is 17.9 Å². The number of nitrogens with zero attached hydrogens (tertiary/aromatic N) is 2. The quantitative estimate of drug-likeness (QED) is 0.597. The molecule has 1 aromatic rings. The van der Waals surface area contributed by atoms with Crippen LogP contribution < -0.4 is 5.73 Å². The molecule has 1 aromatic heterocycles. The molecule has 0 saturated heterocycles. The number of hydrogen-bond acceptors (Lipinski definition) is 2. The van der Waals surface area contributed by atoms with Crippen molar-refractivity contribution in [2.45, 2.75) is 32.6 Å². The summed E-state index contributed by atoms with van der Waals surface area (Å²) in [5.74, 6) is 6.30. The highest BCUT2D eigenvalue weighted by atomic mass is 15.2. The Balaban J connectivity index is 2.68. The molecular weight excluding hydrogens is 186 g/mol. The van der Waals surface area contributed by atoms with Gasteiger partial charge in [0.15, 0.2) is 0 Å². The van der Waals surface area contributed by atoms with E-state index in [0.29, 0.717) is 6.54 Å². The van der Waals surface area contributed by atoms with Crippen molar-refractivity contribution in [3.8, 4) is 11.8 Å². The second kappa shape index (κ2) is 6.26. The Kier molecular flexibility index (Phi) is 4.92. The first-order valence-electron chi connectivity index (χ1n) is 5.49. The Hall–Kier alpha value is -1.27. The lowest BCUT2D eigenvalue weighted by molar-refractivity contribution is 0.733. The molecule has 0 aliphatic carbocycles. The topological polar surface area (TPSA) is 43.8 Å². The highest BCUT2D eigenvalue weighted by Gasteiger charge is 2.03. The molecule has 0 spiro atoms. The van der Waals surface area contributed by atoms with Crippen LogP contribution in [0.25, 0.3) is 0 Å². The van der Waals surface area contributed by atoms with Gasteiger partial charge in [-0.05, 0) is 19.4 Å². The molecule has 0 aliphatic rings. The monoisotopic (exact) mass is 205 g/mol. The fourth-order valence-electron chi connectivity index (χ4n) is 1.41. The zero-order valence-electron chi connectivity index (χ0n) is 9.58. The van der Waals surface area contributed by atoms with Gasteiger partial charge in [-0.15, -0.1) is 0 Å². The molecule has 3 heteroatoms. The summed E-state index contributed by atoms with van der Waals surface area (Å²) in [4.78, 5) is 0. The third-order valence-corrected chi connectivity index (χ3v) is 2.12. The van der Waals surface area contributed by atoms with Gasteiger partial charge in [-0.3, -0.25) is 4.68 Å². The molecule has 15 heavy (non-hydrogen) atoms. The Labute approximate surface area is 91.7 Å². The minimum Gasteiger partial charge on any atom is -0.330 e. The Morgan fingerprint density at radius 1 is 1.53 bits per heavy atom. The summed E-state index contributed by atoms with van der Waals surface area (Å²) in [5, 5.41) is 4.39. The van der Waals surface area contributed by atoms with Crippen LogP contribution in [-0.2, 0) is 13.5 Å². The molecule has 0 saturated carbocycles. The zero-order valence-corrected chi connectivity index (χ0v) is 9.58. The number of nitrogens with two attached hydrogens (primary N) is 1. The molecule has 82 valence electrons. The molecule has 1 heterocycles. The molecule has 0 bridgehead atoms. The summed E-state index contributed by atoms with van der Waals surface area (Å²) in [6, 6.07) is 0. The van der Waals surface area contributed by atoms with Gasteiger partial charge in [-0.1, -0.05) is 25.2 Å². The van der Waals surface area contributed by atoms with Crippen LogP contribution in [0.5, 0.6) is 0 Å². The lowest BCUT2D eigenvalue weighted by atomic mass is 10.1. The van der Waals surface area contributed by atoms with Crippen LogP contribution in [0.4, 0.5) is 0 Å². The van der Waals surface area contributed by atoms with Gasteiger partial charge in [0, 0.05) is 19.7 Å². The van der Waals surface area contributed by atoms with Crippen LogP contribution in [0, 0.1) is 11.8 Å². The van der Waals surface area contributed by atoms with Crippen molar-refractivity contribution in [2.24, 2.45) is 12.8 Å². The lowest BCUT2D eigenvalue weighted by Crippen LogP contribution is -1.96. The summed E-state index contributed by atoms with van der Waals surface area (Å²) in [5.41, 5.74) is 7.58. The molecule has 0 unspecified atom stereocenters. The molecule has 0 amide bonds. The second-order valence-corrected chi connectivity index (χ2v) is 3.61. The molecular formula is C12H19N3. The average molecular weight is 205 g/mol. The number of aromatic nitrogens is 2. The van der Waals surface area contributed by atoms with Gasteiger partial charge in [-0.25, -0.2) is 0 Å². The van der Waals surface area contributed by atoms with Crippen molar-refractivity contribution in [3.05, 3.63) is 17.5 Å². The third kappa shape index (κ3) is 3.77. The van der Waals surface area contributed by atoms with Crippen molar-refractivity contribution in [3.63, 3.8) is 0 Å². The highest BCUT2D eigenvalue weighted by Crippen LogP contribution is 2.07. The van der Waals surface area contributed by atoms with Crippen LogP contribution >= 0.6 is 0 Å². The summed E-state index contributed by atoms with van der Waals surface area (Å²) in [6.07, 6.45) is 5.93. The molecule has 0 atom stereocenters. The van der Waals surface area contributed by atoms with E-state index in [4.69, 9.17) is 5.73 Å². The number of hydrogen-bond donors (Lipinski definition) is 1. The normalized spacial score (nSPS) is 9.80. The SMILES string of the molecule is CCCc1nn(C)cc1C#CCCCN. The average Bonchev–Trinajstić information content (AvgIpc) is 2.55. The van der Waals surface area contributed by atoms with Crippen molar-refractivity contribution in [1.82, 2.24) is 9.78 Å². The van der Waals surface area contributed by atoms with E-state index in [0.717, 1.165) is 36.9 Å². The number of rotatable bonds is 4. The first-order chi connectivity index (χ1) is 7.27. The summed E-state index contributed by atoms with van der Waals surface area (Å²) < 4.78 is 1.83. The minimum atomic E-state index is 0.712. The van der Waals surface area contributed by atoms with E-state index < -0.39 is 0 Å². The van der Waals surface area contributed by atoms with Gasteiger partial charge in [0.25, 0.3) is 0 Å². The standard InChI is InChI=1S/C12H19N3/c1-3-7-12-11(10-15(2)14-12)8-5-4-6-9-13/h10H,3-4,6-7,9,13H2,1-2H3. The fourth-order valence-corrected chi connectivity index (χ4v) is 1.41. The van der Waals surface area contributed by atoms with E-state index in [1.54, 1.807) is 0 Å². The number of unbranched alkanes of at least 4 members (excludes halogenated alkanes) is 1. The lowest BCUT2D eigenvalue weighted by Gasteiger charge is -1.91. The smallest absolute Gasteiger partial charge is 0.0780 e. The van der Waals surface area contributed by atoms with Crippen LogP contribution in [0.1, 0.15) is 37.4 Å². The van der Waals surface area contributed by atoms with E-state index in [1.165, 1.54) is 0 Å². The maximum Gasteiger partial charge on any atom is 0.0780 e. The predicted octanol–water partition coefficient (Wildman–Crippen LogP) is 1.46. The maximum atomic E-state index is 5.41. The van der Waals surface area contributed by atoms with Crippen LogP contribution in [0.2, 0.25) is 0 Å². The third-order valence-electron chi connectivity index (χ3n) is 2.12. The van der Waals surface area contributed by atoms with E-state index in [-0.39, 0.29) is 0 Å². The number of aryl methyl sites for hydroxylation is 2. The van der Waals surface area contributed by atoms with Crippen LogP contribution in [-0.4, -0.2) is 16.3 Å². The Morgan fingerprint density at radius 2 is 2.33 bits per heavy atom. The van der Waals surface area contributed by atoms with Crippen molar-refractivity contribution in [1.29, 1.82) is 0 Å². The van der Waals surface area contributed by atoms with Crippen LogP contribution in [0.3, 0.4) is 0 Å². The van der Waals surface area contributed by atoms with Crippen molar-refractivity contribution in [2.75, 3.05) is 6.54 Å². The molecule has 0 aromatic carbocycles. The summed E-state index contributed by atoms with van der Waals surface area (Å²) in [6.45, 7) is 2.86. The predicted molar refractivity (Wildman–Crippen MR) is 62.4 cm³/mol. The van der Waals surface area contributed by atoms with Gasteiger partial charge in [-0.2, -0.15) is 5.10 Å². The summed E-state index contributed by atoms with van der Waals surface area (Å²) in [7, 11) is 1.93. The molecule has 0 aliphatic heterocycles. The van der Waals surface area contributed by atoms with Gasteiger partial charge < -0.3 is 5.73 Å². The van der Waals surface area contributed by atoms with Gasteiger partial charge in [0.05, 0.1) is 11.3 Å². The van der Waals surface area contributed by atoms with E-state index in [9.17, 15) is 0 Å². The Bertz CT molecular complexity index is 355. The van der Waals surface area contributed by atoms with Gasteiger partial charge >= 0.3 is 0 Å². The van der Waals surface area contributed by atoms with E-state index >= 15 is 0 Å². The largest absolute Gasteiger partial charge is 0.330 e. The molecule has 0 fully saturated rings. The Morgan fingerprint density at radius 3 is 3.00 bits per heavy atom. The van der Waals surface area contributed by atoms with Crippen molar-refractivity contribution < 1.29 is 0 Å². The molecule has 2 N–H and O–H groups in total. The minimum absolute atomic E-state index is 0.712.